The Labute approximate surface area is 117 Å². The predicted octanol–water partition coefficient (Wildman–Crippen LogP) is 2.35. The average molecular weight is 330 g/mol. The number of nitro benzene ring substituents is 1. The molecule has 1 rings (SSSR count). The smallest absolute Gasteiger partial charge is 0.258 e. The summed E-state index contributed by atoms with van der Waals surface area (Å²) in [5.74, 6) is -1.40. The minimum absolute atomic E-state index is 0.677. The van der Waals surface area contributed by atoms with Crippen molar-refractivity contribution in [2.75, 3.05) is 0 Å². The van der Waals surface area contributed by atoms with Gasteiger partial charge >= 0.3 is 11.9 Å². The van der Waals surface area contributed by atoms with Crippen LogP contribution in [-0.4, -0.2) is 25.6 Å². The number of hydrogen-bond donors (Lipinski definition) is 1. The van der Waals surface area contributed by atoms with E-state index < -0.39 is 50.0 Å². The van der Waals surface area contributed by atoms with Gasteiger partial charge in [0.1, 0.15) is 0 Å². The summed E-state index contributed by atoms with van der Waals surface area (Å²) in [6, 6.07) is 0.767. The van der Waals surface area contributed by atoms with Gasteiger partial charge in [-0.1, -0.05) is 6.07 Å². The maximum atomic E-state index is 13.3. The maximum Gasteiger partial charge on any atom is 0.390 e. The Morgan fingerprint density at radius 2 is 1.95 bits per heavy atom. The lowest BCUT2D eigenvalue weighted by Crippen LogP contribution is -2.36. The van der Waals surface area contributed by atoms with E-state index >= 15 is 0 Å². The van der Waals surface area contributed by atoms with Crippen molar-refractivity contribution in [1.82, 2.24) is 4.72 Å². The molecule has 0 fully saturated rings. The SMILES string of the molecule is CC(CC(F)(F)F)NS(=O)(=O)c1cccc(F)c1[N+](=O)[O-]. The lowest BCUT2D eigenvalue weighted by molar-refractivity contribution is -0.390. The van der Waals surface area contributed by atoms with E-state index in [1.807, 2.05) is 0 Å². The fourth-order valence-electron chi connectivity index (χ4n) is 1.61. The van der Waals surface area contributed by atoms with Crippen LogP contribution in [-0.2, 0) is 10.0 Å². The number of benzene rings is 1. The molecule has 1 unspecified atom stereocenters. The molecule has 0 saturated carbocycles. The highest BCUT2D eigenvalue weighted by Gasteiger charge is 2.34. The molecule has 1 atom stereocenters. The molecule has 1 aromatic rings. The van der Waals surface area contributed by atoms with Crippen molar-refractivity contribution in [3.8, 4) is 0 Å². The largest absolute Gasteiger partial charge is 0.390 e. The third-order valence-electron chi connectivity index (χ3n) is 2.32. The van der Waals surface area contributed by atoms with Crippen molar-refractivity contribution in [3.05, 3.63) is 34.1 Å². The van der Waals surface area contributed by atoms with Gasteiger partial charge < -0.3 is 0 Å². The van der Waals surface area contributed by atoms with Gasteiger partial charge in [0, 0.05) is 6.04 Å². The summed E-state index contributed by atoms with van der Waals surface area (Å²) < 4.78 is 75.1. The highest BCUT2D eigenvalue weighted by molar-refractivity contribution is 7.89. The van der Waals surface area contributed by atoms with Crippen LogP contribution in [0.4, 0.5) is 23.2 Å². The Morgan fingerprint density at radius 1 is 1.38 bits per heavy atom. The third-order valence-corrected chi connectivity index (χ3v) is 3.94. The van der Waals surface area contributed by atoms with Gasteiger partial charge in [-0.2, -0.15) is 17.6 Å². The first kappa shape index (κ1) is 17.3. The lowest BCUT2D eigenvalue weighted by Gasteiger charge is -2.16. The molecule has 0 bridgehead atoms. The Balaban J connectivity index is 3.15. The van der Waals surface area contributed by atoms with Gasteiger partial charge in [0.15, 0.2) is 4.90 Å². The second kappa shape index (κ2) is 5.93. The quantitative estimate of drug-likeness (QED) is 0.510. The number of nitrogens with zero attached hydrogens (tertiary/aromatic N) is 1. The number of sulfonamides is 1. The van der Waals surface area contributed by atoms with Crippen molar-refractivity contribution < 1.29 is 30.9 Å². The molecule has 6 nitrogen and oxygen atoms in total. The fourth-order valence-corrected chi connectivity index (χ4v) is 3.03. The monoisotopic (exact) mass is 330 g/mol. The molecule has 0 spiro atoms. The highest BCUT2D eigenvalue weighted by Crippen LogP contribution is 2.28. The summed E-state index contributed by atoms with van der Waals surface area (Å²) >= 11 is 0. The second-order valence-electron chi connectivity index (χ2n) is 4.19. The number of nitro groups is 1. The van der Waals surface area contributed by atoms with Gasteiger partial charge in [-0.15, -0.1) is 0 Å². The van der Waals surface area contributed by atoms with E-state index in [0.717, 1.165) is 19.1 Å². The van der Waals surface area contributed by atoms with Crippen molar-refractivity contribution in [1.29, 1.82) is 0 Å². The number of para-hydroxylation sites is 1. The van der Waals surface area contributed by atoms with Crippen LogP contribution in [0.3, 0.4) is 0 Å². The molecule has 0 heterocycles. The number of rotatable bonds is 5. The molecule has 0 radical (unpaired) electrons. The summed E-state index contributed by atoms with van der Waals surface area (Å²) in [5, 5.41) is 10.7. The second-order valence-corrected chi connectivity index (χ2v) is 5.87. The Morgan fingerprint density at radius 3 is 2.43 bits per heavy atom. The lowest BCUT2D eigenvalue weighted by atomic mass is 10.2. The van der Waals surface area contributed by atoms with Crippen molar-refractivity contribution >= 4 is 15.7 Å². The van der Waals surface area contributed by atoms with Gasteiger partial charge in [-0.3, -0.25) is 10.1 Å². The number of hydrogen-bond acceptors (Lipinski definition) is 4. The van der Waals surface area contributed by atoms with E-state index in [1.165, 1.54) is 0 Å². The van der Waals surface area contributed by atoms with Crippen LogP contribution in [0, 0.1) is 15.9 Å². The molecule has 0 aliphatic carbocycles. The van der Waals surface area contributed by atoms with Crippen molar-refractivity contribution in [2.45, 2.75) is 30.5 Å². The number of alkyl halides is 3. The maximum absolute atomic E-state index is 13.3. The van der Waals surface area contributed by atoms with E-state index in [9.17, 15) is 36.1 Å². The number of halogens is 4. The molecule has 11 heteroatoms. The minimum atomic E-state index is -4.66. The van der Waals surface area contributed by atoms with Crippen LogP contribution >= 0.6 is 0 Å². The summed E-state index contributed by atoms with van der Waals surface area (Å²) in [5.41, 5.74) is -1.32. The van der Waals surface area contributed by atoms with E-state index in [4.69, 9.17) is 0 Å². The first-order valence-electron chi connectivity index (χ1n) is 5.46. The molecule has 0 saturated heterocycles. The summed E-state index contributed by atoms with van der Waals surface area (Å²) in [6.07, 6.45) is -6.08. The van der Waals surface area contributed by atoms with Crippen LogP contribution in [0.15, 0.2) is 23.1 Å². The zero-order valence-electron chi connectivity index (χ0n) is 10.5. The molecular formula is C10H10F4N2O4S. The van der Waals surface area contributed by atoms with Crippen LogP contribution in [0.5, 0.6) is 0 Å². The summed E-state index contributed by atoms with van der Waals surface area (Å²) in [7, 11) is -4.66. The summed E-state index contributed by atoms with van der Waals surface area (Å²) in [4.78, 5) is 8.42. The zero-order valence-corrected chi connectivity index (χ0v) is 11.3. The molecule has 21 heavy (non-hydrogen) atoms. The molecule has 0 amide bonds. The Hall–Kier alpha value is -1.75. The standard InChI is InChI=1S/C10H10F4N2O4S/c1-6(5-10(12,13)14)15-21(19,20)8-4-2-3-7(11)9(8)16(17)18/h2-4,6,15H,5H2,1H3. The molecule has 0 aromatic heterocycles. The zero-order chi connectivity index (χ0) is 16.4. The molecule has 1 aromatic carbocycles. The first-order valence-corrected chi connectivity index (χ1v) is 6.94. The van der Waals surface area contributed by atoms with Gasteiger partial charge in [0.05, 0.1) is 11.3 Å². The van der Waals surface area contributed by atoms with Gasteiger partial charge in [-0.25, -0.2) is 13.1 Å². The third kappa shape index (κ3) is 4.63. The average Bonchev–Trinajstić information content (AvgIpc) is 2.24. The van der Waals surface area contributed by atoms with E-state index in [-0.39, 0.29) is 0 Å². The van der Waals surface area contributed by atoms with Gasteiger partial charge in [0.25, 0.3) is 0 Å². The van der Waals surface area contributed by atoms with Gasteiger partial charge in [-0.05, 0) is 19.1 Å². The molecule has 1 N–H and O–H groups in total. The van der Waals surface area contributed by atoms with Crippen molar-refractivity contribution in [3.63, 3.8) is 0 Å². The predicted molar refractivity (Wildman–Crippen MR) is 63.5 cm³/mol. The van der Waals surface area contributed by atoms with Gasteiger partial charge in [0.2, 0.25) is 15.8 Å². The Bertz CT molecular complexity index is 645. The van der Waals surface area contributed by atoms with E-state index in [0.29, 0.717) is 6.07 Å². The van der Waals surface area contributed by atoms with Crippen LogP contribution in [0.1, 0.15) is 13.3 Å². The topological polar surface area (TPSA) is 89.3 Å². The Kier molecular flexibility index (Phi) is 4.89. The number of nitrogens with one attached hydrogen (secondary N) is 1. The molecule has 118 valence electrons. The minimum Gasteiger partial charge on any atom is -0.258 e. The van der Waals surface area contributed by atoms with Crippen molar-refractivity contribution in [2.24, 2.45) is 0 Å². The fraction of sp³-hybridized carbons (Fsp3) is 0.400. The van der Waals surface area contributed by atoms with Crippen LogP contribution in [0.25, 0.3) is 0 Å². The molecule has 0 aliphatic rings. The van der Waals surface area contributed by atoms with Crippen LogP contribution in [0.2, 0.25) is 0 Å². The summed E-state index contributed by atoms with van der Waals surface area (Å²) in [6.45, 7) is 0.941. The van der Waals surface area contributed by atoms with Crippen LogP contribution < -0.4 is 4.72 Å². The highest BCUT2D eigenvalue weighted by atomic mass is 32.2. The van der Waals surface area contributed by atoms with E-state index in [1.54, 1.807) is 4.72 Å². The van der Waals surface area contributed by atoms with E-state index in [2.05, 4.69) is 0 Å². The normalized spacial score (nSPS) is 14.0. The molecule has 0 aliphatic heterocycles. The first-order chi connectivity index (χ1) is 9.44. The molecular weight excluding hydrogens is 320 g/mol.